The second-order valence-electron chi connectivity index (χ2n) is 5.33. The van der Waals surface area contributed by atoms with Crippen LogP contribution in [-0.2, 0) is 14.3 Å². The van der Waals surface area contributed by atoms with E-state index >= 15 is 0 Å². The Hall–Kier alpha value is -3.00. The van der Waals surface area contributed by atoms with E-state index in [1.54, 1.807) is 50.6 Å². The van der Waals surface area contributed by atoms with E-state index in [4.69, 9.17) is 9.47 Å². The zero-order chi connectivity index (χ0) is 19.6. The zero-order valence-corrected chi connectivity index (χ0v) is 15.8. The molecular weight excluding hydrogens is 368 g/mol. The molecule has 2 N–H and O–H groups in total. The molecule has 7 nitrogen and oxygen atoms in total. The first-order chi connectivity index (χ1) is 13.0. The van der Waals surface area contributed by atoms with Crippen LogP contribution in [0.2, 0.25) is 0 Å². The topological polar surface area (TPSA) is 93.7 Å². The van der Waals surface area contributed by atoms with Crippen molar-refractivity contribution >= 4 is 35.2 Å². The van der Waals surface area contributed by atoms with Crippen molar-refractivity contribution in [3.63, 3.8) is 0 Å². The largest absolute Gasteiger partial charge is 0.497 e. The fourth-order valence-corrected chi connectivity index (χ4v) is 2.74. The van der Waals surface area contributed by atoms with E-state index in [1.807, 2.05) is 12.1 Å². The van der Waals surface area contributed by atoms with Gasteiger partial charge in [0.2, 0.25) is 0 Å². The van der Waals surface area contributed by atoms with Crippen molar-refractivity contribution in [1.29, 1.82) is 0 Å². The van der Waals surface area contributed by atoms with Crippen LogP contribution in [0, 0.1) is 0 Å². The Morgan fingerprint density at radius 1 is 1.00 bits per heavy atom. The molecule has 0 fully saturated rings. The molecule has 0 heterocycles. The number of amides is 2. The maximum atomic E-state index is 11.8. The molecule has 2 rings (SSSR count). The first-order valence-electron chi connectivity index (χ1n) is 8.06. The van der Waals surface area contributed by atoms with Crippen LogP contribution >= 0.6 is 11.8 Å². The number of hydrogen-bond donors (Lipinski definition) is 2. The number of benzene rings is 2. The minimum atomic E-state index is -0.485. The van der Waals surface area contributed by atoms with Crippen molar-refractivity contribution in [3.8, 4) is 5.75 Å². The summed E-state index contributed by atoms with van der Waals surface area (Å²) in [6, 6.07) is 13.7. The highest BCUT2D eigenvalue weighted by Crippen LogP contribution is 2.21. The number of thioether (sulfide) groups is 1. The summed E-state index contributed by atoms with van der Waals surface area (Å²) < 4.78 is 10.0. The van der Waals surface area contributed by atoms with Crippen LogP contribution in [0.4, 0.5) is 5.69 Å². The van der Waals surface area contributed by atoms with Gasteiger partial charge in [0.05, 0.1) is 12.9 Å². The molecule has 0 spiro atoms. The average Bonchev–Trinajstić information content (AvgIpc) is 2.71. The van der Waals surface area contributed by atoms with Crippen molar-refractivity contribution in [1.82, 2.24) is 5.32 Å². The van der Waals surface area contributed by atoms with E-state index in [0.29, 0.717) is 11.3 Å². The SMILES string of the molecule is CNC(=O)c1ccc(NC(=O)COC(=O)CSc2ccc(OC)cc2)cc1. The highest BCUT2D eigenvalue weighted by molar-refractivity contribution is 8.00. The van der Waals surface area contributed by atoms with Gasteiger partial charge in [0, 0.05) is 23.2 Å². The zero-order valence-electron chi connectivity index (χ0n) is 15.0. The molecule has 0 radical (unpaired) electrons. The van der Waals surface area contributed by atoms with Gasteiger partial charge >= 0.3 is 5.97 Å². The molecule has 0 saturated carbocycles. The summed E-state index contributed by atoms with van der Waals surface area (Å²) in [5.74, 6) is -0.315. The third-order valence-electron chi connectivity index (χ3n) is 3.44. The van der Waals surface area contributed by atoms with Crippen molar-refractivity contribution in [2.75, 3.05) is 31.8 Å². The van der Waals surface area contributed by atoms with Crippen LogP contribution < -0.4 is 15.4 Å². The molecule has 2 amide bonds. The Morgan fingerprint density at radius 2 is 1.67 bits per heavy atom. The molecule has 0 aromatic heterocycles. The van der Waals surface area contributed by atoms with Gasteiger partial charge in [0.15, 0.2) is 6.61 Å². The second kappa shape index (κ2) is 10.2. The Bertz CT molecular complexity index is 791. The Balaban J connectivity index is 1.72. The maximum absolute atomic E-state index is 11.8. The first-order valence-corrected chi connectivity index (χ1v) is 9.05. The molecule has 2 aromatic rings. The van der Waals surface area contributed by atoms with Gasteiger partial charge in [-0.05, 0) is 48.5 Å². The van der Waals surface area contributed by atoms with Crippen molar-refractivity contribution in [2.24, 2.45) is 0 Å². The first kappa shape index (κ1) is 20.3. The van der Waals surface area contributed by atoms with Crippen molar-refractivity contribution < 1.29 is 23.9 Å². The summed E-state index contributed by atoms with van der Waals surface area (Å²) in [4.78, 5) is 36.0. The van der Waals surface area contributed by atoms with Crippen molar-refractivity contribution in [2.45, 2.75) is 4.90 Å². The molecule has 0 unspecified atom stereocenters. The van der Waals surface area contributed by atoms with Crippen molar-refractivity contribution in [3.05, 3.63) is 54.1 Å². The van der Waals surface area contributed by atoms with Crippen LogP contribution in [0.25, 0.3) is 0 Å². The summed E-state index contributed by atoms with van der Waals surface area (Å²) in [6.07, 6.45) is 0. The van der Waals surface area contributed by atoms with Crippen LogP contribution in [0.5, 0.6) is 5.75 Å². The van der Waals surface area contributed by atoms with Crippen LogP contribution in [-0.4, -0.2) is 44.3 Å². The standard InChI is InChI=1S/C19H20N2O5S/c1-20-19(24)13-3-5-14(6-4-13)21-17(22)11-26-18(23)12-27-16-9-7-15(25-2)8-10-16/h3-10H,11-12H2,1-2H3,(H,20,24)(H,21,22). The number of hydrogen-bond acceptors (Lipinski definition) is 6. The molecule has 0 aliphatic heterocycles. The van der Waals surface area contributed by atoms with Gasteiger partial charge in [0.25, 0.3) is 11.8 Å². The van der Waals surface area contributed by atoms with Gasteiger partial charge in [-0.3, -0.25) is 14.4 Å². The Labute approximate surface area is 161 Å². The van der Waals surface area contributed by atoms with E-state index < -0.39 is 11.9 Å². The lowest BCUT2D eigenvalue weighted by Crippen LogP contribution is -2.22. The van der Waals surface area contributed by atoms with Gasteiger partial charge in [-0.2, -0.15) is 0 Å². The lowest BCUT2D eigenvalue weighted by Gasteiger charge is -2.07. The molecule has 0 aliphatic carbocycles. The van der Waals surface area contributed by atoms with Gasteiger partial charge in [-0.15, -0.1) is 11.8 Å². The molecule has 0 atom stereocenters. The Morgan fingerprint density at radius 3 is 2.26 bits per heavy atom. The lowest BCUT2D eigenvalue weighted by atomic mass is 10.2. The Kier molecular flexibility index (Phi) is 7.69. The molecule has 2 aromatic carbocycles. The van der Waals surface area contributed by atoms with E-state index in [2.05, 4.69) is 10.6 Å². The van der Waals surface area contributed by atoms with Gasteiger partial charge in [-0.25, -0.2) is 0 Å². The summed E-state index contributed by atoms with van der Waals surface area (Å²) in [5.41, 5.74) is 0.994. The minimum Gasteiger partial charge on any atom is -0.497 e. The average molecular weight is 388 g/mol. The maximum Gasteiger partial charge on any atom is 0.316 e. The summed E-state index contributed by atoms with van der Waals surface area (Å²) in [7, 11) is 3.13. The number of esters is 1. The third kappa shape index (κ3) is 6.67. The normalized spacial score (nSPS) is 10.0. The molecule has 142 valence electrons. The van der Waals surface area contributed by atoms with Crippen LogP contribution in [0.3, 0.4) is 0 Å². The van der Waals surface area contributed by atoms with Crippen LogP contribution in [0.1, 0.15) is 10.4 Å². The quantitative estimate of drug-likeness (QED) is 0.533. The molecule has 8 heteroatoms. The number of carbonyl (C=O) groups is 3. The second-order valence-corrected chi connectivity index (χ2v) is 6.38. The summed E-state index contributed by atoms with van der Waals surface area (Å²) in [5, 5.41) is 5.11. The molecule has 0 aliphatic rings. The third-order valence-corrected chi connectivity index (χ3v) is 4.42. The number of nitrogens with one attached hydrogen (secondary N) is 2. The van der Waals surface area contributed by atoms with E-state index in [-0.39, 0.29) is 18.3 Å². The fourth-order valence-electron chi connectivity index (χ4n) is 2.05. The highest BCUT2D eigenvalue weighted by Gasteiger charge is 2.09. The number of ether oxygens (including phenoxy) is 2. The monoisotopic (exact) mass is 388 g/mol. The molecule has 0 saturated heterocycles. The smallest absolute Gasteiger partial charge is 0.316 e. The van der Waals surface area contributed by atoms with E-state index in [0.717, 1.165) is 10.6 Å². The summed E-state index contributed by atoms with van der Waals surface area (Å²) in [6.45, 7) is -0.376. The van der Waals surface area contributed by atoms with E-state index in [1.165, 1.54) is 11.8 Å². The van der Waals surface area contributed by atoms with Gasteiger partial charge in [-0.1, -0.05) is 0 Å². The molecule has 27 heavy (non-hydrogen) atoms. The highest BCUT2D eigenvalue weighted by atomic mass is 32.2. The molecular formula is C19H20N2O5S. The van der Waals surface area contributed by atoms with Gasteiger partial charge < -0.3 is 20.1 Å². The van der Waals surface area contributed by atoms with Gasteiger partial charge in [0.1, 0.15) is 5.75 Å². The minimum absolute atomic E-state index is 0.0977. The predicted molar refractivity (Wildman–Crippen MR) is 103 cm³/mol. The number of anilines is 1. The fraction of sp³-hybridized carbons (Fsp3) is 0.211. The van der Waals surface area contributed by atoms with E-state index in [9.17, 15) is 14.4 Å². The van der Waals surface area contributed by atoms with Crippen LogP contribution in [0.15, 0.2) is 53.4 Å². The molecule has 0 bridgehead atoms. The summed E-state index contributed by atoms with van der Waals surface area (Å²) >= 11 is 1.31. The number of rotatable bonds is 8. The number of methoxy groups -OCH3 is 1. The predicted octanol–water partition coefficient (Wildman–Crippen LogP) is 2.33. The lowest BCUT2D eigenvalue weighted by molar-refractivity contribution is -0.144. The number of carbonyl (C=O) groups excluding carboxylic acids is 3.